The van der Waals surface area contributed by atoms with Crippen molar-refractivity contribution in [2.24, 2.45) is 0 Å². The van der Waals surface area contributed by atoms with Gasteiger partial charge in [-0.25, -0.2) is 0 Å². The molecule has 1 amide bonds. The largest absolute Gasteiger partial charge is 0.302 e. The lowest BCUT2D eigenvalue weighted by Crippen LogP contribution is -2.44. The topological polar surface area (TPSA) is 20.3 Å². The number of unbranched alkanes of at least 4 members (excludes halogenated alkanes) is 1. The fraction of sp³-hybridized carbons (Fsp3) is 0.296. The summed E-state index contributed by atoms with van der Waals surface area (Å²) in [5, 5.41) is 2.38. The molecule has 152 valence electrons. The second-order valence-electron chi connectivity index (χ2n) is 8.77. The van der Waals surface area contributed by atoms with Gasteiger partial charge in [-0.15, -0.1) is 0 Å². The fourth-order valence-corrected chi connectivity index (χ4v) is 5.39. The van der Waals surface area contributed by atoms with Gasteiger partial charge in [0.15, 0.2) is 0 Å². The van der Waals surface area contributed by atoms with Gasteiger partial charge in [-0.1, -0.05) is 71.7 Å². The molecule has 3 aromatic rings. The average Bonchev–Trinajstić information content (AvgIpc) is 3.06. The molecule has 3 aromatic carbocycles. The van der Waals surface area contributed by atoms with E-state index in [1.807, 2.05) is 4.90 Å². The van der Waals surface area contributed by atoms with Crippen molar-refractivity contribution in [1.29, 1.82) is 0 Å². The van der Waals surface area contributed by atoms with Crippen molar-refractivity contribution in [3.8, 4) is 0 Å². The van der Waals surface area contributed by atoms with Crippen molar-refractivity contribution in [3.05, 3.63) is 81.8 Å². The fourth-order valence-electron chi connectivity index (χ4n) is 5.02. The zero-order valence-electron chi connectivity index (χ0n) is 17.5. The van der Waals surface area contributed by atoms with Crippen LogP contribution in [-0.4, -0.2) is 11.4 Å². The van der Waals surface area contributed by atoms with Gasteiger partial charge in [-0.05, 0) is 71.9 Å². The van der Waals surface area contributed by atoms with Crippen LogP contribution in [0.4, 0.5) is 5.69 Å². The summed E-state index contributed by atoms with van der Waals surface area (Å²) in [7, 11) is 0. The van der Waals surface area contributed by atoms with Crippen LogP contribution < -0.4 is 4.90 Å². The Labute approximate surface area is 186 Å². The van der Waals surface area contributed by atoms with Crippen LogP contribution >= 0.6 is 15.9 Å². The van der Waals surface area contributed by atoms with Gasteiger partial charge in [-0.3, -0.25) is 4.79 Å². The number of benzene rings is 3. The molecular weight excluding hydrogens is 434 g/mol. The third kappa shape index (κ3) is 3.11. The predicted octanol–water partition coefficient (Wildman–Crippen LogP) is 7.28. The summed E-state index contributed by atoms with van der Waals surface area (Å²) in [5.41, 5.74) is 5.82. The highest BCUT2D eigenvalue weighted by Crippen LogP contribution is 2.49. The van der Waals surface area contributed by atoms with Crippen LogP contribution in [-0.2, 0) is 11.2 Å². The number of hydrogen-bond acceptors (Lipinski definition) is 1. The van der Waals surface area contributed by atoms with Gasteiger partial charge in [0.2, 0.25) is 5.91 Å². The third-order valence-electron chi connectivity index (χ3n) is 6.61. The van der Waals surface area contributed by atoms with Crippen molar-refractivity contribution in [2.75, 3.05) is 4.90 Å². The van der Waals surface area contributed by atoms with Gasteiger partial charge in [0.25, 0.3) is 0 Å². The highest BCUT2D eigenvalue weighted by molar-refractivity contribution is 9.10. The monoisotopic (exact) mass is 459 g/mol. The van der Waals surface area contributed by atoms with Gasteiger partial charge >= 0.3 is 0 Å². The SMILES string of the molecule is CCCCc1ccc(C2=CC3(C)CCC(=O)N3c3ccc4cc(Br)ccc4c32)cc1. The molecule has 0 saturated carbocycles. The van der Waals surface area contributed by atoms with Crippen LogP contribution in [0, 0.1) is 0 Å². The number of rotatable bonds is 4. The Morgan fingerprint density at radius 2 is 1.87 bits per heavy atom. The molecule has 0 N–H and O–H groups in total. The number of carbonyl (C=O) groups is 1. The maximum Gasteiger partial charge on any atom is 0.227 e. The number of amides is 1. The maximum atomic E-state index is 12.8. The summed E-state index contributed by atoms with van der Waals surface area (Å²) in [5.74, 6) is 0.223. The minimum atomic E-state index is -0.261. The normalized spacial score (nSPS) is 20.3. The van der Waals surface area contributed by atoms with E-state index in [4.69, 9.17) is 0 Å². The van der Waals surface area contributed by atoms with E-state index in [1.54, 1.807) is 0 Å². The number of hydrogen-bond donors (Lipinski definition) is 0. The molecule has 2 aliphatic rings. The van der Waals surface area contributed by atoms with Gasteiger partial charge in [0.1, 0.15) is 0 Å². The van der Waals surface area contributed by atoms with E-state index in [9.17, 15) is 4.79 Å². The molecule has 2 nitrogen and oxygen atoms in total. The summed E-state index contributed by atoms with van der Waals surface area (Å²) < 4.78 is 1.07. The Hall–Kier alpha value is -2.39. The number of halogens is 1. The van der Waals surface area contributed by atoms with E-state index in [-0.39, 0.29) is 11.4 Å². The summed E-state index contributed by atoms with van der Waals surface area (Å²) in [6.45, 7) is 4.43. The van der Waals surface area contributed by atoms with Crippen LogP contribution in [0.5, 0.6) is 0 Å². The molecule has 1 unspecified atom stereocenters. The molecule has 3 heteroatoms. The molecule has 1 atom stereocenters. The Balaban J connectivity index is 1.72. The molecule has 0 spiro atoms. The molecule has 30 heavy (non-hydrogen) atoms. The minimum absolute atomic E-state index is 0.223. The van der Waals surface area contributed by atoms with Gasteiger partial charge in [0.05, 0.1) is 11.2 Å². The zero-order chi connectivity index (χ0) is 20.9. The molecule has 0 aromatic heterocycles. The predicted molar refractivity (Wildman–Crippen MR) is 129 cm³/mol. The van der Waals surface area contributed by atoms with E-state index in [2.05, 4.69) is 90.5 Å². The van der Waals surface area contributed by atoms with Crippen LogP contribution in [0.3, 0.4) is 0 Å². The number of carbonyl (C=O) groups excluding carboxylic acids is 1. The van der Waals surface area contributed by atoms with Crippen LogP contribution in [0.1, 0.15) is 56.2 Å². The second kappa shape index (κ2) is 7.39. The first kappa shape index (κ1) is 19.6. The molecule has 1 fully saturated rings. The van der Waals surface area contributed by atoms with Crippen molar-refractivity contribution >= 4 is 43.9 Å². The number of fused-ring (bicyclic) bond motifs is 5. The first-order valence-electron chi connectivity index (χ1n) is 10.9. The average molecular weight is 460 g/mol. The van der Waals surface area contributed by atoms with E-state index in [0.717, 1.165) is 23.0 Å². The minimum Gasteiger partial charge on any atom is -0.302 e. The van der Waals surface area contributed by atoms with Gasteiger partial charge in [-0.2, -0.15) is 0 Å². The Kier molecular flexibility index (Phi) is 4.82. The van der Waals surface area contributed by atoms with E-state index in [1.165, 1.54) is 45.9 Å². The Morgan fingerprint density at radius 1 is 1.07 bits per heavy atom. The molecule has 0 radical (unpaired) electrons. The number of anilines is 1. The summed E-state index contributed by atoms with van der Waals surface area (Å²) >= 11 is 3.60. The number of aryl methyl sites for hydroxylation is 1. The molecule has 0 aliphatic carbocycles. The first-order valence-corrected chi connectivity index (χ1v) is 11.7. The lowest BCUT2D eigenvalue weighted by atomic mass is 9.82. The van der Waals surface area contributed by atoms with E-state index >= 15 is 0 Å². The van der Waals surface area contributed by atoms with Crippen molar-refractivity contribution in [3.63, 3.8) is 0 Å². The zero-order valence-corrected chi connectivity index (χ0v) is 19.1. The summed E-state index contributed by atoms with van der Waals surface area (Å²) in [4.78, 5) is 14.9. The summed E-state index contributed by atoms with van der Waals surface area (Å²) in [6.07, 6.45) is 7.37. The molecule has 0 bridgehead atoms. The molecule has 2 aliphatic heterocycles. The van der Waals surface area contributed by atoms with Gasteiger partial charge in [0, 0.05) is 16.5 Å². The standard InChI is InChI=1S/C27H26BrNO/c1-3-4-5-18-6-8-19(9-7-18)23-17-27(2)15-14-25(30)29(27)24-13-10-20-16-21(28)11-12-22(20)26(23)24/h6-13,16-17H,3-5,14-15H2,1-2H3. The smallest absolute Gasteiger partial charge is 0.227 e. The quantitative estimate of drug-likeness (QED) is 0.401. The van der Waals surface area contributed by atoms with Crippen LogP contribution in [0.2, 0.25) is 0 Å². The van der Waals surface area contributed by atoms with Crippen molar-refractivity contribution in [2.45, 2.75) is 51.5 Å². The number of nitrogens with zero attached hydrogens (tertiary/aromatic N) is 1. The van der Waals surface area contributed by atoms with E-state index in [0.29, 0.717) is 6.42 Å². The molecule has 5 rings (SSSR count). The maximum absolute atomic E-state index is 12.8. The summed E-state index contributed by atoms with van der Waals surface area (Å²) in [6, 6.07) is 19.7. The van der Waals surface area contributed by atoms with Crippen LogP contribution in [0.15, 0.2) is 65.1 Å². The first-order chi connectivity index (χ1) is 14.5. The molecular formula is C27H26BrNO. The third-order valence-corrected chi connectivity index (χ3v) is 7.11. The lowest BCUT2D eigenvalue weighted by molar-refractivity contribution is -0.117. The van der Waals surface area contributed by atoms with Crippen LogP contribution in [0.25, 0.3) is 16.3 Å². The van der Waals surface area contributed by atoms with Crippen molar-refractivity contribution < 1.29 is 4.79 Å². The molecule has 2 heterocycles. The highest BCUT2D eigenvalue weighted by Gasteiger charge is 2.45. The van der Waals surface area contributed by atoms with Crippen molar-refractivity contribution in [1.82, 2.24) is 0 Å². The lowest BCUT2D eigenvalue weighted by Gasteiger charge is -2.39. The van der Waals surface area contributed by atoms with E-state index < -0.39 is 0 Å². The Morgan fingerprint density at radius 3 is 2.63 bits per heavy atom. The highest BCUT2D eigenvalue weighted by atomic mass is 79.9. The Bertz CT molecular complexity index is 1180. The van der Waals surface area contributed by atoms with Gasteiger partial charge < -0.3 is 4.90 Å². The second-order valence-corrected chi connectivity index (χ2v) is 9.69. The molecule has 1 saturated heterocycles.